The summed E-state index contributed by atoms with van der Waals surface area (Å²) in [6.07, 6.45) is 2.21. The van der Waals surface area contributed by atoms with Crippen LogP contribution < -0.4 is 5.32 Å². The summed E-state index contributed by atoms with van der Waals surface area (Å²) >= 11 is 0. The average Bonchev–Trinajstić information content (AvgIpc) is 3.51. The molecule has 6 heteroatoms. The number of hydroxylamine groups is 2. The van der Waals surface area contributed by atoms with Crippen molar-refractivity contribution in [2.24, 2.45) is 5.92 Å². The first-order valence-corrected chi connectivity index (χ1v) is 10.0. The van der Waals surface area contributed by atoms with E-state index in [1.807, 2.05) is 24.3 Å². The molecule has 0 aromatic heterocycles. The molecular formula is C23H26N2O4. The van der Waals surface area contributed by atoms with E-state index in [0.29, 0.717) is 12.3 Å². The number of likely N-dealkylation sites (N-methyl/N-ethyl adjacent to an activating group) is 1. The first-order valence-electron chi connectivity index (χ1n) is 10.0. The number of carbonyl (C=O) groups is 2. The zero-order valence-corrected chi connectivity index (χ0v) is 16.8. The molecule has 2 amide bonds. The minimum atomic E-state index is -0.636. The van der Waals surface area contributed by atoms with Gasteiger partial charge in [-0.3, -0.25) is 9.63 Å². The molecule has 0 aliphatic heterocycles. The Morgan fingerprint density at radius 1 is 1.07 bits per heavy atom. The van der Waals surface area contributed by atoms with Crippen molar-refractivity contribution in [2.45, 2.75) is 31.2 Å². The lowest BCUT2D eigenvalue weighted by molar-refractivity contribution is -0.171. The van der Waals surface area contributed by atoms with E-state index in [-0.39, 0.29) is 18.4 Å². The van der Waals surface area contributed by atoms with E-state index in [1.54, 1.807) is 7.05 Å². The van der Waals surface area contributed by atoms with Gasteiger partial charge in [-0.15, -0.1) is 0 Å². The van der Waals surface area contributed by atoms with Crippen LogP contribution in [0, 0.1) is 5.92 Å². The molecule has 0 spiro atoms. The highest BCUT2D eigenvalue weighted by molar-refractivity contribution is 5.85. The van der Waals surface area contributed by atoms with Crippen LogP contribution in [0.4, 0.5) is 4.79 Å². The predicted molar refractivity (Wildman–Crippen MR) is 109 cm³/mol. The first-order chi connectivity index (χ1) is 14.1. The van der Waals surface area contributed by atoms with E-state index in [9.17, 15) is 9.59 Å². The molecular weight excluding hydrogens is 368 g/mol. The highest BCUT2D eigenvalue weighted by Crippen LogP contribution is 2.44. The van der Waals surface area contributed by atoms with Crippen molar-refractivity contribution in [1.29, 1.82) is 0 Å². The maximum absolute atomic E-state index is 12.5. The minimum absolute atomic E-state index is 0.00705. The molecule has 2 aromatic carbocycles. The van der Waals surface area contributed by atoms with Crippen LogP contribution in [0.5, 0.6) is 0 Å². The monoisotopic (exact) mass is 394 g/mol. The van der Waals surface area contributed by atoms with Gasteiger partial charge in [-0.1, -0.05) is 61.4 Å². The molecule has 4 rings (SSSR count). The molecule has 0 radical (unpaired) electrons. The molecule has 0 bridgehead atoms. The van der Waals surface area contributed by atoms with E-state index in [0.717, 1.165) is 29.0 Å². The summed E-state index contributed by atoms with van der Waals surface area (Å²) in [5.41, 5.74) is 4.68. The summed E-state index contributed by atoms with van der Waals surface area (Å²) in [5, 5.41) is 3.89. The fourth-order valence-corrected chi connectivity index (χ4v) is 4.00. The van der Waals surface area contributed by atoms with Gasteiger partial charge in [0.15, 0.2) is 0 Å². The smallest absolute Gasteiger partial charge is 0.407 e. The van der Waals surface area contributed by atoms with Crippen LogP contribution in [0.1, 0.15) is 36.3 Å². The zero-order valence-electron chi connectivity index (χ0n) is 16.8. The zero-order chi connectivity index (χ0) is 20.4. The molecule has 1 atom stereocenters. The lowest BCUT2D eigenvalue weighted by atomic mass is 9.98. The number of nitrogens with zero attached hydrogens (tertiary/aromatic N) is 1. The molecule has 152 valence electrons. The standard InChI is InChI=1S/C23H26N2O4/c1-25(28-2)22(26)21(13-15-11-12-15)24-23(27)29-14-20-18-9-5-3-7-16(18)17-8-4-6-10-19(17)20/h3-10,15,20-21H,11-14H2,1-2H3,(H,24,27)/t21-/m0/s1. The third-order valence-corrected chi connectivity index (χ3v) is 5.78. The van der Waals surface area contributed by atoms with Gasteiger partial charge in [0.1, 0.15) is 12.6 Å². The van der Waals surface area contributed by atoms with Gasteiger partial charge in [0.05, 0.1) is 7.11 Å². The summed E-state index contributed by atoms with van der Waals surface area (Å²) in [6.45, 7) is 0.227. The summed E-state index contributed by atoms with van der Waals surface area (Å²) in [6, 6.07) is 15.8. The first kappa shape index (κ1) is 19.5. The second-order valence-electron chi connectivity index (χ2n) is 7.72. The van der Waals surface area contributed by atoms with Crippen molar-refractivity contribution in [3.8, 4) is 11.1 Å². The molecule has 6 nitrogen and oxygen atoms in total. The molecule has 0 unspecified atom stereocenters. The van der Waals surface area contributed by atoms with Gasteiger partial charge >= 0.3 is 6.09 Å². The Balaban J connectivity index is 1.43. The van der Waals surface area contributed by atoms with Crippen molar-refractivity contribution < 1.29 is 19.2 Å². The lowest BCUT2D eigenvalue weighted by Gasteiger charge is -2.23. The van der Waals surface area contributed by atoms with Crippen LogP contribution in [0.25, 0.3) is 11.1 Å². The summed E-state index contributed by atoms with van der Waals surface area (Å²) in [5.74, 6) is 0.198. The number of alkyl carbamates (subject to hydrolysis) is 1. The SMILES string of the molecule is CON(C)C(=O)[C@H](CC1CC1)NC(=O)OCC1c2ccccc2-c2ccccc21. The van der Waals surface area contributed by atoms with Gasteiger partial charge < -0.3 is 10.1 Å². The van der Waals surface area contributed by atoms with E-state index >= 15 is 0 Å². The third-order valence-electron chi connectivity index (χ3n) is 5.78. The number of benzene rings is 2. The summed E-state index contributed by atoms with van der Waals surface area (Å²) in [7, 11) is 2.97. The van der Waals surface area contributed by atoms with Gasteiger partial charge in [-0.2, -0.15) is 0 Å². The summed E-state index contributed by atoms with van der Waals surface area (Å²) in [4.78, 5) is 30.0. The number of hydrogen-bond donors (Lipinski definition) is 1. The average molecular weight is 394 g/mol. The van der Waals surface area contributed by atoms with E-state index in [4.69, 9.17) is 9.57 Å². The highest BCUT2D eigenvalue weighted by Gasteiger charge is 2.33. The molecule has 1 N–H and O–H groups in total. The largest absolute Gasteiger partial charge is 0.449 e. The Bertz CT molecular complexity index is 864. The number of carbonyl (C=O) groups excluding carboxylic acids is 2. The topological polar surface area (TPSA) is 67.9 Å². The Kier molecular flexibility index (Phi) is 5.53. The Hall–Kier alpha value is -2.86. The van der Waals surface area contributed by atoms with Crippen LogP contribution in [-0.2, 0) is 14.4 Å². The molecule has 1 saturated carbocycles. The highest BCUT2D eigenvalue weighted by atomic mass is 16.7. The minimum Gasteiger partial charge on any atom is -0.449 e. The second-order valence-corrected chi connectivity index (χ2v) is 7.72. The molecule has 0 heterocycles. The Morgan fingerprint density at radius 3 is 2.21 bits per heavy atom. The van der Waals surface area contributed by atoms with Gasteiger partial charge in [-0.05, 0) is 34.6 Å². The van der Waals surface area contributed by atoms with Crippen LogP contribution in [0.15, 0.2) is 48.5 Å². The van der Waals surface area contributed by atoms with Crippen molar-refractivity contribution in [1.82, 2.24) is 10.4 Å². The third kappa shape index (κ3) is 4.12. The molecule has 1 fully saturated rings. The summed E-state index contributed by atoms with van der Waals surface area (Å²) < 4.78 is 5.57. The lowest BCUT2D eigenvalue weighted by Crippen LogP contribution is -2.47. The maximum atomic E-state index is 12.5. The molecule has 2 aromatic rings. The second kappa shape index (κ2) is 8.25. The maximum Gasteiger partial charge on any atom is 0.407 e. The van der Waals surface area contributed by atoms with Crippen molar-refractivity contribution in [3.05, 3.63) is 59.7 Å². The number of rotatable bonds is 7. The fourth-order valence-electron chi connectivity index (χ4n) is 4.00. The molecule has 29 heavy (non-hydrogen) atoms. The van der Waals surface area contributed by atoms with Gasteiger partial charge in [0, 0.05) is 13.0 Å². The predicted octanol–water partition coefficient (Wildman–Crippen LogP) is 3.71. The van der Waals surface area contributed by atoms with Crippen molar-refractivity contribution >= 4 is 12.0 Å². The number of amides is 2. The number of hydrogen-bond acceptors (Lipinski definition) is 4. The van der Waals surface area contributed by atoms with Gasteiger partial charge in [0.25, 0.3) is 5.91 Å². The van der Waals surface area contributed by atoms with Crippen LogP contribution in [0.2, 0.25) is 0 Å². The van der Waals surface area contributed by atoms with Crippen molar-refractivity contribution in [2.75, 3.05) is 20.8 Å². The van der Waals surface area contributed by atoms with Crippen LogP contribution in [0.3, 0.4) is 0 Å². The Morgan fingerprint density at radius 2 is 1.66 bits per heavy atom. The molecule has 0 saturated heterocycles. The van der Waals surface area contributed by atoms with Crippen LogP contribution >= 0.6 is 0 Å². The van der Waals surface area contributed by atoms with E-state index in [2.05, 4.69) is 29.6 Å². The Labute approximate surface area is 170 Å². The van der Waals surface area contributed by atoms with E-state index in [1.165, 1.54) is 18.2 Å². The fraction of sp³-hybridized carbons (Fsp3) is 0.391. The number of ether oxygens (including phenoxy) is 1. The quantitative estimate of drug-likeness (QED) is 0.727. The van der Waals surface area contributed by atoms with Gasteiger partial charge in [-0.25, -0.2) is 9.86 Å². The van der Waals surface area contributed by atoms with Crippen LogP contribution in [-0.4, -0.2) is 43.9 Å². The number of fused-ring (bicyclic) bond motifs is 3. The molecule has 2 aliphatic rings. The number of nitrogens with one attached hydrogen (secondary N) is 1. The normalized spacial score (nSPS) is 15.9. The molecule has 2 aliphatic carbocycles. The van der Waals surface area contributed by atoms with Crippen molar-refractivity contribution in [3.63, 3.8) is 0 Å². The van der Waals surface area contributed by atoms with Gasteiger partial charge in [0.2, 0.25) is 0 Å². The van der Waals surface area contributed by atoms with E-state index < -0.39 is 12.1 Å².